The molecule has 0 aromatic carbocycles. The highest BCUT2D eigenvalue weighted by molar-refractivity contribution is 4.85. The van der Waals surface area contributed by atoms with Gasteiger partial charge in [0, 0.05) is 7.11 Å². The summed E-state index contributed by atoms with van der Waals surface area (Å²) >= 11 is 0. The summed E-state index contributed by atoms with van der Waals surface area (Å²) in [5.74, 6) is 0. The number of methoxy groups -OCH3 is 1. The lowest BCUT2D eigenvalue weighted by Crippen LogP contribution is -2.34. The van der Waals surface area contributed by atoms with Crippen LogP contribution < -0.4 is 0 Å². The maximum absolute atomic E-state index is 9.15. The molecule has 1 rings (SSSR count). The van der Waals surface area contributed by atoms with Crippen molar-refractivity contribution in [1.29, 1.82) is 0 Å². The summed E-state index contributed by atoms with van der Waals surface area (Å²) in [6.07, 6.45) is -3.71. The van der Waals surface area contributed by atoms with Gasteiger partial charge in [-0.15, -0.1) is 0 Å². The third-order valence-corrected chi connectivity index (χ3v) is 1.73. The summed E-state index contributed by atoms with van der Waals surface area (Å²) in [4.78, 5) is 0. The van der Waals surface area contributed by atoms with Gasteiger partial charge in [-0.1, -0.05) is 0 Å². The van der Waals surface area contributed by atoms with Crippen LogP contribution in [0.4, 0.5) is 0 Å². The second kappa shape index (κ2) is 3.46. The minimum atomic E-state index is -1.07. The van der Waals surface area contributed by atoms with Crippen molar-refractivity contribution in [1.82, 2.24) is 0 Å². The fourth-order valence-electron chi connectivity index (χ4n) is 1.06. The van der Waals surface area contributed by atoms with Gasteiger partial charge in [-0.2, -0.15) is 0 Å². The molecular weight excluding hydrogens is 152 g/mol. The fourth-order valence-corrected chi connectivity index (χ4v) is 1.06. The molecule has 1 saturated heterocycles. The Kier molecular flexibility index (Phi) is 2.80. The molecule has 1 heterocycles. The molecule has 0 bridgehead atoms. The zero-order valence-electron chi connectivity index (χ0n) is 6.17. The predicted octanol–water partition coefficient (Wildman–Crippen LogP) is -1.93. The van der Waals surface area contributed by atoms with Gasteiger partial charge in [0.05, 0.1) is 6.61 Å². The largest absolute Gasteiger partial charge is 0.394 e. The average molecular weight is 164 g/mol. The lowest BCUT2D eigenvalue weighted by Gasteiger charge is -2.11. The first kappa shape index (κ1) is 8.89. The summed E-state index contributed by atoms with van der Waals surface area (Å²) < 4.78 is 9.59. The van der Waals surface area contributed by atoms with Crippen molar-refractivity contribution < 1.29 is 24.8 Å². The van der Waals surface area contributed by atoms with E-state index >= 15 is 0 Å². The van der Waals surface area contributed by atoms with Crippen LogP contribution in [0.2, 0.25) is 0 Å². The summed E-state index contributed by atoms with van der Waals surface area (Å²) in [7, 11) is 1.36. The molecule has 5 heteroatoms. The first-order valence-electron chi connectivity index (χ1n) is 3.36. The summed E-state index contributed by atoms with van der Waals surface area (Å²) in [6.45, 7) is -0.321. The van der Waals surface area contributed by atoms with Gasteiger partial charge >= 0.3 is 0 Å². The lowest BCUT2D eigenvalue weighted by molar-refractivity contribution is -0.153. The molecule has 5 nitrogen and oxygen atoms in total. The van der Waals surface area contributed by atoms with E-state index in [-0.39, 0.29) is 6.61 Å². The molecule has 1 aliphatic heterocycles. The summed E-state index contributed by atoms with van der Waals surface area (Å²) in [6, 6.07) is 0. The molecule has 11 heavy (non-hydrogen) atoms. The van der Waals surface area contributed by atoms with E-state index in [2.05, 4.69) is 4.74 Å². The number of hydrogen-bond acceptors (Lipinski definition) is 5. The van der Waals surface area contributed by atoms with E-state index in [9.17, 15) is 0 Å². The quantitative estimate of drug-likeness (QED) is 0.443. The van der Waals surface area contributed by atoms with Crippen molar-refractivity contribution in [2.45, 2.75) is 24.6 Å². The monoisotopic (exact) mass is 164 g/mol. The van der Waals surface area contributed by atoms with Gasteiger partial charge in [-0.05, 0) is 0 Å². The normalized spacial score (nSPS) is 44.7. The molecule has 0 saturated carbocycles. The molecule has 0 aromatic heterocycles. The smallest absolute Gasteiger partial charge is 0.186 e. The van der Waals surface area contributed by atoms with E-state index in [1.54, 1.807) is 0 Å². The van der Waals surface area contributed by atoms with Crippen molar-refractivity contribution in [3.8, 4) is 0 Å². The lowest BCUT2D eigenvalue weighted by atomic mass is 10.1. The molecule has 0 aromatic rings. The SMILES string of the molecule is CO[C@H]1O[C@@H](CO)[C@@H](O)[C@H]1O. The maximum atomic E-state index is 9.15. The van der Waals surface area contributed by atoms with E-state index in [1.165, 1.54) is 7.11 Å². The van der Waals surface area contributed by atoms with E-state index in [1.807, 2.05) is 0 Å². The van der Waals surface area contributed by atoms with Crippen LogP contribution in [0.5, 0.6) is 0 Å². The van der Waals surface area contributed by atoms with Gasteiger partial charge in [0.25, 0.3) is 0 Å². The second-order valence-corrected chi connectivity index (χ2v) is 2.44. The molecule has 66 valence electrons. The Hall–Kier alpha value is -0.200. The van der Waals surface area contributed by atoms with Crippen molar-refractivity contribution >= 4 is 0 Å². The molecule has 4 atom stereocenters. The average Bonchev–Trinajstić information content (AvgIpc) is 2.30. The van der Waals surface area contributed by atoms with Crippen molar-refractivity contribution in [3.63, 3.8) is 0 Å². The van der Waals surface area contributed by atoms with Gasteiger partial charge in [-0.25, -0.2) is 0 Å². The molecule has 0 unspecified atom stereocenters. The third kappa shape index (κ3) is 1.52. The van der Waals surface area contributed by atoms with Crippen molar-refractivity contribution in [2.75, 3.05) is 13.7 Å². The molecule has 1 aliphatic rings. The molecule has 3 N–H and O–H groups in total. The Bertz CT molecular complexity index is 110. The van der Waals surface area contributed by atoms with E-state index < -0.39 is 24.6 Å². The van der Waals surface area contributed by atoms with Crippen LogP contribution in [0.3, 0.4) is 0 Å². The first-order chi connectivity index (χ1) is 5.20. The minimum Gasteiger partial charge on any atom is -0.394 e. The molecule has 0 spiro atoms. The molecule has 1 fully saturated rings. The fraction of sp³-hybridized carbons (Fsp3) is 1.00. The van der Waals surface area contributed by atoms with E-state index in [4.69, 9.17) is 20.1 Å². The number of aliphatic hydroxyl groups excluding tert-OH is 3. The van der Waals surface area contributed by atoms with Gasteiger partial charge in [-0.3, -0.25) is 0 Å². The Morgan fingerprint density at radius 2 is 2.00 bits per heavy atom. The van der Waals surface area contributed by atoms with Crippen LogP contribution in [-0.2, 0) is 9.47 Å². The Balaban J connectivity index is 2.53. The Labute approximate surface area is 64.2 Å². The minimum absolute atomic E-state index is 0.321. The van der Waals surface area contributed by atoms with E-state index in [0.29, 0.717) is 0 Å². The van der Waals surface area contributed by atoms with Crippen LogP contribution >= 0.6 is 0 Å². The van der Waals surface area contributed by atoms with Gasteiger partial charge in [0.15, 0.2) is 6.29 Å². The second-order valence-electron chi connectivity index (χ2n) is 2.44. The van der Waals surface area contributed by atoms with E-state index in [0.717, 1.165) is 0 Å². The highest BCUT2D eigenvalue weighted by Gasteiger charge is 2.42. The zero-order chi connectivity index (χ0) is 8.43. The molecular formula is C6H12O5. The molecule has 0 radical (unpaired) electrons. The number of ether oxygens (including phenoxy) is 2. The van der Waals surface area contributed by atoms with Crippen molar-refractivity contribution in [2.24, 2.45) is 0 Å². The molecule has 0 aliphatic carbocycles. The van der Waals surface area contributed by atoms with Crippen LogP contribution in [0.15, 0.2) is 0 Å². The number of rotatable bonds is 2. The summed E-state index contributed by atoms with van der Waals surface area (Å²) in [5.41, 5.74) is 0. The predicted molar refractivity (Wildman–Crippen MR) is 34.8 cm³/mol. The maximum Gasteiger partial charge on any atom is 0.186 e. The van der Waals surface area contributed by atoms with Gasteiger partial charge in [0.1, 0.15) is 18.3 Å². The Morgan fingerprint density at radius 1 is 1.36 bits per heavy atom. The topological polar surface area (TPSA) is 79.2 Å². The molecule has 0 amide bonds. The number of hydrogen-bond donors (Lipinski definition) is 3. The van der Waals surface area contributed by atoms with Crippen LogP contribution in [0.25, 0.3) is 0 Å². The first-order valence-corrected chi connectivity index (χ1v) is 3.36. The van der Waals surface area contributed by atoms with Gasteiger partial charge < -0.3 is 24.8 Å². The zero-order valence-corrected chi connectivity index (χ0v) is 6.17. The standard InChI is InChI=1S/C6H12O5/c1-10-6-5(9)4(8)3(2-7)11-6/h3-9H,2H2,1H3/t3-,4+,5+,6-/m0/s1. The van der Waals surface area contributed by atoms with Crippen LogP contribution in [0.1, 0.15) is 0 Å². The van der Waals surface area contributed by atoms with Crippen LogP contribution in [0, 0.1) is 0 Å². The van der Waals surface area contributed by atoms with Crippen LogP contribution in [-0.4, -0.2) is 53.6 Å². The van der Waals surface area contributed by atoms with Crippen molar-refractivity contribution in [3.05, 3.63) is 0 Å². The third-order valence-electron chi connectivity index (χ3n) is 1.73. The Morgan fingerprint density at radius 3 is 2.27 bits per heavy atom. The highest BCUT2D eigenvalue weighted by atomic mass is 16.7. The van der Waals surface area contributed by atoms with Gasteiger partial charge in [0.2, 0.25) is 0 Å². The number of aliphatic hydroxyl groups is 3. The highest BCUT2D eigenvalue weighted by Crippen LogP contribution is 2.20. The summed E-state index contributed by atoms with van der Waals surface area (Å²) in [5, 5.41) is 26.9.